The van der Waals surface area contributed by atoms with Crippen molar-refractivity contribution in [2.45, 2.75) is 6.54 Å². The zero-order valence-corrected chi connectivity index (χ0v) is 14.4. The molecule has 0 aliphatic carbocycles. The summed E-state index contributed by atoms with van der Waals surface area (Å²) in [6.07, 6.45) is 3.61. The van der Waals surface area contributed by atoms with Crippen LogP contribution in [0.4, 0.5) is 0 Å². The summed E-state index contributed by atoms with van der Waals surface area (Å²) in [6, 6.07) is 7.94. The summed E-state index contributed by atoms with van der Waals surface area (Å²) in [5.41, 5.74) is 2.28. The number of amides is 1. The number of carbonyl (C=O) groups excluding carboxylic acids is 1. The maximum atomic E-state index is 12.3. The lowest BCUT2D eigenvalue weighted by atomic mass is 10.3. The monoisotopic (exact) mass is 355 g/mol. The molecular weight excluding hydrogens is 342 g/mol. The highest BCUT2D eigenvalue weighted by Gasteiger charge is 2.13. The predicted octanol–water partition coefficient (Wildman–Crippen LogP) is 3.08. The first kappa shape index (κ1) is 15.0. The smallest absolute Gasteiger partial charge is 0.271 e. The molecule has 0 saturated carbocycles. The lowest BCUT2D eigenvalue weighted by Gasteiger charge is -1.99. The zero-order chi connectivity index (χ0) is 16.5. The Hall–Kier alpha value is -2.58. The van der Waals surface area contributed by atoms with E-state index in [9.17, 15) is 4.79 Å². The van der Waals surface area contributed by atoms with Gasteiger partial charge in [-0.2, -0.15) is 5.10 Å². The first-order valence-electron chi connectivity index (χ1n) is 7.26. The summed E-state index contributed by atoms with van der Waals surface area (Å²) in [5.74, 6) is -0.194. The van der Waals surface area contributed by atoms with Crippen molar-refractivity contribution in [2.75, 3.05) is 0 Å². The summed E-state index contributed by atoms with van der Waals surface area (Å²) in [4.78, 5) is 21.2. The normalized spacial score (nSPS) is 11.0. The van der Waals surface area contributed by atoms with E-state index in [0.717, 1.165) is 25.8 Å². The van der Waals surface area contributed by atoms with Crippen LogP contribution in [0, 0.1) is 0 Å². The molecule has 0 atom stereocenters. The van der Waals surface area contributed by atoms with Crippen LogP contribution in [-0.2, 0) is 13.6 Å². The summed E-state index contributed by atoms with van der Waals surface area (Å²) < 4.78 is 2.83. The standard InChI is InChI=1S/C16H13N5OS2/c1-21-8-10(6-18-21)16-20-12(9-23-16)15(22)17-7-14-19-11-4-2-3-5-13(11)24-14/h2-6,8-9H,7H2,1H3,(H,17,22). The van der Waals surface area contributed by atoms with Crippen LogP contribution in [0.1, 0.15) is 15.5 Å². The highest BCUT2D eigenvalue weighted by atomic mass is 32.1. The van der Waals surface area contributed by atoms with Crippen LogP contribution < -0.4 is 5.32 Å². The second kappa shape index (κ2) is 6.14. The van der Waals surface area contributed by atoms with Crippen molar-refractivity contribution < 1.29 is 4.79 Å². The van der Waals surface area contributed by atoms with E-state index < -0.39 is 0 Å². The van der Waals surface area contributed by atoms with E-state index in [-0.39, 0.29) is 5.91 Å². The van der Waals surface area contributed by atoms with E-state index in [1.54, 1.807) is 27.6 Å². The van der Waals surface area contributed by atoms with E-state index in [4.69, 9.17) is 0 Å². The lowest BCUT2D eigenvalue weighted by molar-refractivity contribution is 0.0946. The molecule has 24 heavy (non-hydrogen) atoms. The molecule has 6 nitrogen and oxygen atoms in total. The molecule has 1 N–H and O–H groups in total. The number of aryl methyl sites for hydroxylation is 1. The van der Waals surface area contributed by atoms with Gasteiger partial charge in [0.1, 0.15) is 15.7 Å². The van der Waals surface area contributed by atoms with Crippen molar-refractivity contribution in [3.63, 3.8) is 0 Å². The third kappa shape index (κ3) is 2.93. The average molecular weight is 355 g/mol. The van der Waals surface area contributed by atoms with Crippen LogP contribution >= 0.6 is 22.7 Å². The van der Waals surface area contributed by atoms with Gasteiger partial charge < -0.3 is 5.32 Å². The van der Waals surface area contributed by atoms with Crippen LogP contribution in [0.25, 0.3) is 20.8 Å². The van der Waals surface area contributed by atoms with E-state index >= 15 is 0 Å². The molecule has 3 aromatic heterocycles. The molecule has 0 spiro atoms. The number of benzene rings is 1. The molecule has 8 heteroatoms. The Bertz CT molecular complexity index is 983. The number of nitrogens with one attached hydrogen (secondary N) is 1. The molecule has 3 heterocycles. The number of fused-ring (bicyclic) bond motifs is 1. The third-order valence-electron chi connectivity index (χ3n) is 3.43. The highest BCUT2D eigenvalue weighted by molar-refractivity contribution is 7.18. The van der Waals surface area contributed by atoms with Crippen molar-refractivity contribution in [1.29, 1.82) is 0 Å². The van der Waals surface area contributed by atoms with Gasteiger partial charge in [-0.3, -0.25) is 9.48 Å². The van der Waals surface area contributed by atoms with Gasteiger partial charge in [-0.05, 0) is 12.1 Å². The molecule has 4 rings (SSSR count). The SMILES string of the molecule is Cn1cc(-c2nc(C(=O)NCc3nc4ccccc4s3)cs2)cn1. The van der Waals surface area contributed by atoms with E-state index in [1.165, 1.54) is 11.3 Å². The molecule has 1 aromatic carbocycles. The average Bonchev–Trinajstić information content (AvgIpc) is 3.30. The fourth-order valence-electron chi connectivity index (χ4n) is 2.28. The molecule has 0 fully saturated rings. The number of hydrogen-bond donors (Lipinski definition) is 1. The maximum absolute atomic E-state index is 12.3. The largest absolute Gasteiger partial charge is 0.344 e. The Morgan fingerprint density at radius 3 is 2.96 bits per heavy atom. The minimum Gasteiger partial charge on any atom is -0.344 e. The minimum atomic E-state index is -0.194. The number of para-hydroxylation sites is 1. The van der Waals surface area contributed by atoms with Crippen LogP contribution in [0.15, 0.2) is 42.0 Å². The predicted molar refractivity (Wildman–Crippen MR) is 95.1 cm³/mol. The van der Waals surface area contributed by atoms with Gasteiger partial charge in [0.15, 0.2) is 0 Å². The molecule has 0 saturated heterocycles. The summed E-state index contributed by atoms with van der Waals surface area (Å²) in [5, 5.41) is 10.4. The fourth-order valence-corrected chi connectivity index (χ4v) is 3.97. The molecule has 0 aliphatic heterocycles. The van der Waals surface area contributed by atoms with Gasteiger partial charge in [-0.15, -0.1) is 22.7 Å². The van der Waals surface area contributed by atoms with Crippen LogP contribution in [0.5, 0.6) is 0 Å². The molecule has 4 aromatic rings. The van der Waals surface area contributed by atoms with Gasteiger partial charge in [0.2, 0.25) is 0 Å². The second-order valence-corrected chi connectivity index (χ2v) is 7.17. The highest BCUT2D eigenvalue weighted by Crippen LogP contribution is 2.23. The number of rotatable bonds is 4. The molecule has 0 unspecified atom stereocenters. The Balaban J connectivity index is 1.45. The van der Waals surface area contributed by atoms with Gasteiger partial charge in [0.25, 0.3) is 5.91 Å². The first-order valence-corrected chi connectivity index (χ1v) is 8.96. The topological polar surface area (TPSA) is 72.7 Å². The van der Waals surface area contributed by atoms with E-state index in [2.05, 4.69) is 20.4 Å². The quantitative estimate of drug-likeness (QED) is 0.610. The Kier molecular flexibility index (Phi) is 3.83. The molecule has 1 amide bonds. The van der Waals surface area contributed by atoms with Crippen LogP contribution in [0.2, 0.25) is 0 Å². The van der Waals surface area contributed by atoms with Crippen LogP contribution in [0.3, 0.4) is 0 Å². The van der Waals surface area contributed by atoms with Crippen molar-refractivity contribution in [2.24, 2.45) is 7.05 Å². The molecular formula is C16H13N5OS2. The minimum absolute atomic E-state index is 0.194. The van der Waals surface area contributed by atoms with E-state index in [0.29, 0.717) is 12.2 Å². The molecule has 0 radical (unpaired) electrons. The van der Waals surface area contributed by atoms with Gasteiger partial charge in [-0.1, -0.05) is 12.1 Å². The van der Waals surface area contributed by atoms with Gasteiger partial charge in [-0.25, -0.2) is 9.97 Å². The van der Waals surface area contributed by atoms with Crippen molar-refractivity contribution in [3.8, 4) is 10.6 Å². The van der Waals surface area contributed by atoms with Crippen LogP contribution in [-0.4, -0.2) is 25.7 Å². The number of aromatic nitrogens is 4. The molecule has 120 valence electrons. The third-order valence-corrected chi connectivity index (χ3v) is 5.35. The second-order valence-electron chi connectivity index (χ2n) is 5.20. The first-order chi connectivity index (χ1) is 11.7. The summed E-state index contributed by atoms with van der Waals surface area (Å²) in [7, 11) is 1.85. The fraction of sp³-hybridized carbons (Fsp3) is 0.125. The van der Waals surface area contributed by atoms with E-state index in [1.807, 2.05) is 37.5 Å². The molecule has 0 aliphatic rings. The lowest BCUT2D eigenvalue weighted by Crippen LogP contribution is -2.22. The Morgan fingerprint density at radius 2 is 2.17 bits per heavy atom. The molecule has 0 bridgehead atoms. The maximum Gasteiger partial charge on any atom is 0.271 e. The Labute approximate surface area is 145 Å². The van der Waals surface area contributed by atoms with Gasteiger partial charge in [0.05, 0.1) is 23.0 Å². The van der Waals surface area contributed by atoms with Crippen molar-refractivity contribution in [1.82, 2.24) is 25.1 Å². The summed E-state index contributed by atoms with van der Waals surface area (Å²) >= 11 is 3.02. The Morgan fingerprint density at radius 1 is 1.29 bits per heavy atom. The van der Waals surface area contributed by atoms with Gasteiger partial charge >= 0.3 is 0 Å². The van der Waals surface area contributed by atoms with Crippen molar-refractivity contribution >= 4 is 38.8 Å². The number of thiazole rings is 2. The zero-order valence-electron chi connectivity index (χ0n) is 12.8. The number of hydrogen-bond acceptors (Lipinski definition) is 6. The summed E-state index contributed by atoms with van der Waals surface area (Å²) in [6.45, 7) is 0.401. The number of nitrogens with zero attached hydrogens (tertiary/aromatic N) is 4. The van der Waals surface area contributed by atoms with Gasteiger partial charge in [0, 0.05) is 24.2 Å². The number of carbonyl (C=O) groups is 1. The van der Waals surface area contributed by atoms with Crippen molar-refractivity contribution in [3.05, 3.63) is 52.7 Å².